The van der Waals surface area contributed by atoms with E-state index in [4.69, 9.17) is 22.7 Å². The van der Waals surface area contributed by atoms with Crippen LogP contribution in [0.1, 0.15) is 25.7 Å². The van der Waals surface area contributed by atoms with Crippen LogP contribution in [0.3, 0.4) is 0 Å². The van der Waals surface area contributed by atoms with Crippen LogP contribution in [-0.4, -0.2) is 55.7 Å². The third kappa shape index (κ3) is 3.67. The van der Waals surface area contributed by atoms with Gasteiger partial charge in [0.1, 0.15) is 0 Å². The minimum Gasteiger partial charge on any atom is -0.469 e. The van der Waals surface area contributed by atoms with Crippen LogP contribution in [0.15, 0.2) is 0 Å². The molecule has 0 aliphatic heterocycles. The Morgan fingerprint density at radius 1 is 1.30 bits per heavy atom. The molecule has 0 unspecified atom stereocenters. The second-order valence-electron chi connectivity index (χ2n) is 4.91. The Hall–Kier alpha value is -1.21. The summed E-state index contributed by atoms with van der Waals surface area (Å²) >= 11 is 5.05. The van der Waals surface area contributed by atoms with Crippen molar-refractivity contribution in [3.63, 3.8) is 0 Å². The lowest BCUT2D eigenvalue weighted by Gasteiger charge is -2.42. The molecule has 114 valence electrons. The minimum atomic E-state index is -0.723. The molecule has 0 atom stereocenters. The summed E-state index contributed by atoms with van der Waals surface area (Å²) in [4.78, 5) is 25.7. The van der Waals surface area contributed by atoms with Crippen LogP contribution in [0.2, 0.25) is 0 Å². The first-order chi connectivity index (χ1) is 9.47. The van der Waals surface area contributed by atoms with Crippen molar-refractivity contribution in [2.75, 3.05) is 33.9 Å². The zero-order valence-corrected chi connectivity index (χ0v) is 12.8. The quantitative estimate of drug-likeness (QED) is 0.519. The van der Waals surface area contributed by atoms with Gasteiger partial charge in [-0.2, -0.15) is 0 Å². The Balaban J connectivity index is 2.73. The molecule has 20 heavy (non-hydrogen) atoms. The van der Waals surface area contributed by atoms with E-state index >= 15 is 0 Å². The second-order valence-corrected chi connectivity index (χ2v) is 5.35. The van der Waals surface area contributed by atoms with Crippen molar-refractivity contribution >= 4 is 29.1 Å². The number of amides is 1. The van der Waals surface area contributed by atoms with Gasteiger partial charge in [0.2, 0.25) is 5.91 Å². The average molecular weight is 302 g/mol. The van der Waals surface area contributed by atoms with Gasteiger partial charge in [0.25, 0.3) is 0 Å². The molecule has 0 aromatic carbocycles. The Labute approximate surface area is 124 Å². The normalized spacial score (nSPS) is 16.1. The molecule has 7 heteroatoms. The van der Waals surface area contributed by atoms with Gasteiger partial charge in [0, 0.05) is 20.2 Å². The molecular weight excluding hydrogens is 280 g/mol. The van der Waals surface area contributed by atoms with Crippen LogP contribution in [-0.2, 0) is 19.1 Å². The highest BCUT2D eigenvalue weighted by Crippen LogP contribution is 2.42. The number of nitrogens with zero attached hydrogens (tertiary/aromatic N) is 1. The summed E-state index contributed by atoms with van der Waals surface area (Å²) in [7, 11) is 2.89. The summed E-state index contributed by atoms with van der Waals surface area (Å²) < 4.78 is 9.61. The number of hydrogen-bond donors (Lipinski definition) is 1. The first kappa shape index (κ1) is 16.8. The molecule has 1 aliphatic rings. The van der Waals surface area contributed by atoms with Gasteiger partial charge in [-0.15, -0.1) is 0 Å². The Bertz CT molecular complexity index is 383. The van der Waals surface area contributed by atoms with Crippen molar-refractivity contribution in [2.24, 2.45) is 11.1 Å². The standard InChI is InChI=1S/C13H22N2O4S/c1-18-9-8-15(7-4-10(16)19-2)12(17)13(11(14)20)5-3-6-13/h3-9H2,1-2H3,(H2,14,20). The molecule has 0 aromatic rings. The Kier molecular flexibility index (Phi) is 6.35. The average Bonchev–Trinajstić information content (AvgIpc) is 2.36. The zero-order valence-electron chi connectivity index (χ0n) is 12.0. The minimum absolute atomic E-state index is 0.0998. The van der Waals surface area contributed by atoms with E-state index in [1.807, 2.05) is 0 Å². The van der Waals surface area contributed by atoms with E-state index in [1.54, 1.807) is 12.0 Å². The molecule has 6 nitrogen and oxygen atoms in total. The zero-order chi connectivity index (χ0) is 15.2. The smallest absolute Gasteiger partial charge is 0.307 e. The molecule has 1 amide bonds. The summed E-state index contributed by atoms with van der Waals surface area (Å²) in [5.41, 5.74) is 5.02. The van der Waals surface area contributed by atoms with Crippen LogP contribution >= 0.6 is 12.2 Å². The lowest BCUT2D eigenvalue weighted by Crippen LogP contribution is -2.55. The summed E-state index contributed by atoms with van der Waals surface area (Å²) in [6.07, 6.45) is 2.46. The third-order valence-corrected chi connectivity index (χ3v) is 4.14. The van der Waals surface area contributed by atoms with E-state index < -0.39 is 5.41 Å². The molecule has 1 fully saturated rings. The predicted molar refractivity (Wildman–Crippen MR) is 78.2 cm³/mol. The fraction of sp³-hybridized carbons (Fsp3) is 0.769. The molecular formula is C13H22N2O4S. The maximum atomic E-state index is 12.6. The summed E-state index contributed by atoms with van der Waals surface area (Å²) in [6, 6.07) is 0. The number of carbonyl (C=O) groups is 2. The van der Waals surface area contributed by atoms with Crippen LogP contribution in [0, 0.1) is 5.41 Å². The topological polar surface area (TPSA) is 81.9 Å². The van der Waals surface area contributed by atoms with E-state index in [-0.39, 0.29) is 23.3 Å². The molecule has 0 bridgehead atoms. The van der Waals surface area contributed by atoms with Gasteiger partial charge in [-0.25, -0.2) is 0 Å². The summed E-state index contributed by atoms with van der Waals surface area (Å²) in [5, 5.41) is 0. The number of methoxy groups -OCH3 is 2. The number of esters is 1. The molecule has 0 spiro atoms. The highest BCUT2D eigenvalue weighted by Gasteiger charge is 2.48. The third-order valence-electron chi connectivity index (χ3n) is 3.75. The first-order valence-electron chi connectivity index (χ1n) is 6.63. The number of ether oxygens (including phenoxy) is 2. The number of rotatable bonds is 8. The van der Waals surface area contributed by atoms with Crippen molar-refractivity contribution in [1.82, 2.24) is 4.90 Å². The maximum absolute atomic E-state index is 12.6. The highest BCUT2D eigenvalue weighted by molar-refractivity contribution is 7.80. The largest absolute Gasteiger partial charge is 0.469 e. The lowest BCUT2D eigenvalue weighted by molar-refractivity contribution is -0.145. The molecule has 1 saturated carbocycles. The number of carbonyl (C=O) groups excluding carboxylic acids is 2. The molecule has 2 N–H and O–H groups in total. The van der Waals surface area contributed by atoms with Gasteiger partial charge < -0.3 is 20.1 Å². The molecule has 0 radical (unpaired) electrons. The van der Waals surface area contributed by atoms with Gasteiger partial charge in [-0.1, -0.05) is 18.6 Å². The van der Waals surface area contributed by atoms with Gasteiger partial charge in [0.05, 0.1) is 30.5 Å². The summed E-state index contributed by atoms with van der Waals surface area (Å²) in [6.45, 7) is 1.11. The fourth-order valence-electron chi connectivity index (χ4n) is 2.24. The van der Waals surface area contributed by atoms with Gasteiger partial charge in [0.15, 0.2) is 0 Å². The number of thiocarbonyl (C=S) groups is 1. The van der Waals surface area contributed by atoms with Crippen molar-refractivity contribution in [3.8, 4) is 0 Å². The molecule has 1 rings (SSSR count). The SMILES string of the molecule is COCCN(CCC(=O)OC)C(=O)C1(C(N)=S)CCC1. The monoisotopic (exact) mass is 302 g/mol. The summed E-state index contributed by atoms with van der Waals surface area (Å²) in [5.74, 6) is -0.449. The van der Waals surface area contributed by atoms with Gasteiger partial charge in [-0.3, -0.25) is 9.59 Å². The van der Waals surface area contributed by atoms with E-state index in [2.05, 4.69) is 4.74 Å². The van der Waals surface area contributed by atoms with Crippen LogP contribution < -0.4 is 5.73 Å². The number of hydrogen-bond acceptors (Lipinski definition) is 5. The van der Waals surface area contributed by atoms with Crippen LogP contribution in [0.25, 0.3) is 0 Å². The van der Waals surface area contributed by atoms with E-state index in [1.165, 1.54) is 7.11 Å². The Morgan fingerprint density at radius 3 is 2.35 bits per heavy atom. The van der Waals surface area contributed by atoms with Crippen LogP contribution in [0.4, 0.5) is 0 Å². The molecule has 1 aliphatic carbocycles. The Morgan fingerprint density at radius 2 is 1.95 bits per heavy atom. The fourth-order valence-corrected chi connectivity index (χ4v) is 2.53. The molecule has 0 saturated heterocycles. The molecule has 0 heterocycles. The van der Waals surface area contributed by atoms with Crippen molar-refractivity contribution < 1.29 is 19.1 Å². The first-order valence-corrected chi connectivity index (χ1v) is 7.04. The van der Waals surface area contributed by atoms with Crippen LogP contribution in [0.5, 0.6) is 0 Å². The van der Waals surface area contributed by atoms with Gasteiger partial charge >= 0.3 is 5.97 Å². The molecule has 0 aromatic heterocycles. The highest BCUT2D eigenvalue weighted by atomic mass is 32.1. The van der Waals surface area contributed by atoms with Crippen molar-refractivity contribution in [2.45, 2.75) is 25.7 Å². The van der Waals surface area contributed by atoms with Crippen molar-refractivity contribution in [1.29, 1.82) is 0 Å². The number of nitrogens with two attached hydrogens (primary N) is 1. The predicted octanol–water partition coefficient (Wildman–Crippen LogP) is 0.481. The van der Waals surface area contributed by atoms with E-state index in [0.29, 0.717) is 32.5 Å². The maximum Gasteiger partial charge on any atom is 0.307 e. The second kappa shape index (κ2) is 7.54. The van der Waals surface area contributed by atoms with E-state index in [0.717, 1.165) is 6.42 Å². The van der Waals surface area contributed by atoms with Gasteiger partial charge in [-0.05, 0) is 12.8 Å². The van der Waals surface area contributed by atoms with E-state index in [9.17, 15) is 9.59 Å². The van der Waals surface area contributed by atoms with Crippen molar-refractivity contribution in [3.05, 3.63) is 0 Å². The lowest BCUT2D eigenvalue weighted by atomic mass is 9.67.